The van der Waals surface area contributed by atoms with Crippen LogP contribution in [0.5, 0.6) is 0 Å². The van der Waals surface area contributed by atoms with E-state index in [4.69, 9.17) is 0 Å². The zero-order valence-corrected chi connectivity index (χ0v) is 6.90. The summed E-state index contributed by atoms with van der Waals surface area (Å²) < 4.78 is 0. The first kappa shape index (κ1) is 6.16. The molecule has 0 saturated heterocycles. The summed E-state index contributed by atoms with van der Waals surface area (Å²) in [6, 6.07) is 0. The molecule has 0 heterocycles. The van der Waals surface area contributed by atoms with Gasteiger partial charge < -0.3 is 0 Å². The molecule has 0 atom stereocenters. The average molecular weight is 142 g/mol. The SMILES string of the molecule is C1CC(PC2CCC2)C1. The summed E-state index contributed by atoms with van der Waals surface area (Å²) in [7, 11) is 1.35. The first-order valence-electron chi connectivity index (χ1n) is 4.21. The Morgan fingerprint density at radius 1 is 0.778 bits per heavy atom. The Bertz CT molecular complexity index is 80.7. The third-order valence-electron chi connectivity index (χ3n) is 2.68. The van der Waals surface area contributed by atoms with Crippen molar-refractivity contribution in [3.63, 3.8) is 0 Å². The summed E-state index contributed by atoms with van der Waals surface area (Å²) in [6.45, 7) is 0. The van der Waals surface area contributed by atoms with Crippen molar-refractivity contribution in [2.24, 2.45) is 0 Å². The third kappa shape index (κ3) is 1.29. The fourth-order valence-electron chi connectivity index (χ4n) is 1.48. The molecule has 0 amide bonds. The molecule has 0 nitrogen and oxygen atoms in total. The molecule has 2 fully saturated rings. The average Bonchev–Trinajstić information content (AvgIpc) is 1.57. The van der Waals surface area contributed by atoms with Crippen LogP contribution in [0.15, 0.2) is 0 Å². The second kappa shape index (κ2) is 2.58. The van der Waals surface area contributed by atoms with Gasteiger partial charge in [0.25, 0.3) is 0 Å². The fraction of sp³-hybridized carbons (Fsp3) is 1.00. The first-order chi connectivity index (χ1) is 4.45. The van der Waals surface area contributed by atoms with Gasteiger partial charge >= 0.3 is 0 Å². The lowest BCUT2D eigenvalue weighted by atomic mass is 9.99. The van der Waals surface area contributed by atoms with Gasteiger partial charge in [0.05, 0.1) is 0 Å². The summed E-state index contributed by atoms with van der Waals surface area (Å²) in [5.74, 6) is 0. The molecule has 0 radical (unpaired) electrons. The van der Waals surface area contributed by atoms with Crippen LogP contribution in [0.1, 0.15) is 38.5 Å². The Labute approximate surface area is 59.2 Å². The zero-order chi connectivity index (χ0) is 6.10. The molecule has 2 saturated carbocycles. The van der Waals surface area contributed by atoms with Crippen molar-refractivity contribution in [1.82, 2.24) is 0 Å². The smallest absolute Gasteiger partial charge is 0.0234 e. The molecule has 0 spiro atoms. The van der Waals surface area contributed by atoms with Crippen LogP contribution >= 0.6 is 8.58 Å². The van der Waals surface area contributed by atoms with Gasteiger partial charge in [-0.25, -0.2) is 0 Å². The van der Waals surface area contributed by atoms with Gasteiger partial charge in [0, 0.05) is 0 Å². The molecule has 0 bridgehead atoms. The van der Waals surface area contributed by atoms with E-state index in [9.17, 15) is 0 Å². The molecular formula is C8H15P. The molecule has 0 aromatic carbocycles. The molecule has 2 aliphatic rings. The molecule has 1 heteroatoms. The van der Waals surface area contributed by atoms with Crippen LogP contribution in [0.4, 0.5) is 0 Å². The predicted octanol–water partition coefficient (Wildman–Crippen LogP) is 2.77. The normalized spacial score (nSPS) is 29.3. The van der Waals surface area contributed by atoms with E-state index in [1.165, 1.54) is 32.7 Å². The molecule has 0 unspecified atom stereocenters. The van der Waals surface area contributed by atoms with Crippen molar-refractivity contribution < 1.29 is 0 Å². The molecule has 2 aliphatic carbocycles. The lowest BCUT2D eigenvalue weighted by molar-refractivity contribution is 0.483. The van der Waals surface area contributed by atoms with E-state index < -0.39 is 0 Å². The standard InChI is InChI=1S/C8H15P/c1-3-7(4-1)9-8-5-2-6-8/h7-9H,1-6H2. The van der Waals surface area contributed by atoms with Crippen LogP contribution in [0, 0.1) is 0 Å². The van der Waals surface area contributed by atoms with Crippen molar-refractivity contribution in [3.8, 4) is 0 Å². The lowest BCUT2D eigenvalue weighted by Gasteiger charge is -2.34. The maximum atomic E-state index is 1.56. The van der Waals surface area contributed by atoms with Crippen LogP contribution < -0.4 is 0 Å². The van der Waals surface area contributed by atoms with E-state index in [0.717, 1.165) is 0 Å². The highest BCUT2D eigenvalue weighted by molar-refractivity contribution is 7.39. The van der Waals surface area contributed by atoms with Gasteiger partial charge in [0.2, 0.25) is 0 Å². The van der Waals surface area contributed by atoms with Crippen molar-refractivity contribution in [1.29, 1.82) is 0 Å². The highest BCUT2D eigenvalue weighted by atomic mass is 31.1. The maximum Gasteiger partial charge on any atom is -0.0234 e. The molecule has 52 valence electrons. The minimum absolute atomic E-state index is 1.19. The van der Waals surface area contributed by atoms with Crippen LogP contribution in [0.2, 0.25) is 0 Å². The summed E-state index contributed by atoms with van der Waals surface area (Å²) >= 11 is 0. The fourth-order valence-corrected chi connectivity index (χ4v) is 3.63. The van der Waals surface area contributed by atoms with Crippen LogP contribution in [0.25, 0.3) is 0 Å². The van der Waals surface area contributed by atoms with E-state index >= 15 is 0 Å². The minimum atomic E-state index is 1.19. The summed E-state index contributed by atoms with van der Waals surface area (Å²) in [5, 5.41) is 0. The predicted molar refractivity (Wildman–Crippen MR) is 43.6 cm³/mol. The number of rotatable bonds is 2. The Hall–Kier alpha value is 0.430. The van der Waals surface area contributed by atoms with Gasteiger partial charge in [-0.15, -0.1) is 8.58 Å². The lowest BCUT2D eigenvalue weighted by Crippen LogP contribution is -2.20. The van der Waals surface area contributed by atoms with Gasteiger partial charge in [-0.1, -0.05) is 12.8 Å². The minimum Gasteiger partial charge on any atom is -0.116 e. The molecule has 0 aromatic rings. The monoisotopic (exact) mass is 142 g/mol. The van der Waals surface area contributed by atoms with Crippen LogP contribution in [0.3, 0.4) is 0 Å². The highest BCUT2D eigenvalue weighted by Gasteiger charge is 2.25. The van der Waals surface area contributed by atoms with E-state index in [0.29, 0.717) is 0 Å². The second-order valence-corrected chi connectivity index (χ2v) is 5.39. The summed E-state index contributed by atoms with van der Waals surface area (Å²) in [4.78, 5) is 0. The van der Waals surface area contributed by atoms with E-state index in [1.807, 2.05) is 0 Å². The first-order valence-corrected chi connectivity index (χ1v) is 5.37. The van der Waals surface area contributed by atoms with Crippen LogP contribution in [-0.4, -0.2) is 11.3 Å². The van der Waals surface area contributed by atoms with Crippen molar-refractivity contribution >= 4 is 8.58 Å². The van der Waals surface area contributed by atoms with E-state index in [-0.39, 0.29) is 0 Å². The quantitative estimate of drug-likeness (QED) is 0.520. The van der Waals surface area contributed by atoms with Crippen molar-refractivity contribution in [2.45, 2.75) is 49.8 Å². The zero-order valence-electron chi connectivity index (χ0n) is 5.90. The van der Waals surface area contributed by atoms with E-state index in [1.54, 1.807) is 25.7 Å². The number of hydrogen-bond acceptors (Lipinski definition) is 0. The largest absolute Gasteiger partial charge is 0.116 e. The Morgan fingerprint density at radius 3 is 1.44 bits per heavy atom. The molecule has 9 heavy (non-hydrogen) atoms. The van der Waals surface area contributed by atoms with Gasteiger partial charge in [-0.3, -0.25) is 0 Å². The van der Waals surface area contributed by atoms with Gasteiger partial charge in [0.1, 0.15) is 0 Å². The van der Waals surface area contributed by atoms with Gasteiger partial charge in [-0.2, -0.15) is 0 Å². The van der Waals surface area contributed by atoms with Crippen LogP contribution in [-0.2, 0) is 0 Å². The Kier molecular flexibility index (Phi) is 1.77. The highest BCUT2D eigenvalue weighted by Crippen LogP contribution is 2.45. The molecular weight excluding hydrogens is 127 g/mol. The molecule has 0 N–H and O–H groups in total. The van der Waals surface area contributed by atoms with E-state index in [2.05, 4.69) is 0 Å². The van der Waals surface area contributed by atoms with Gasteiger partial charge in [0.15, 0.2) is 0 Å². The van der Waals surface area contributed by atoms with Gasteiger partial charge in [-0.05, 0) is 37.0 Å². The van der Waals surface area contributed by atoms with Crippen molar-refractivity contribution in [3.05, 3.63) is 0 Å². The maximum absolute atomic E-state index is 1.56. The Balaban J connectivity index is 1.64. The second-order valence-electron chi connectivity index (χ2n) is 3.42. The summed E-state index contributed by atoms with van der Waals surface area (Å²) in [6.07, 6.45) is 9.32. The topological polar surface area (TPSA) is 0 Å². The Morgan fingerprint density at radius 2 is 1.22 bits per heavy atom. The molecule has 0 aliphatic heterocycles. The van der Waals surface area contributed by atoms with Crippen molar-refractivity contribution in [2.75, 3.05) is 0 Å². The third-order valence-corrected chi connectivity index (χ3v) is 4.78. The summed E-state index contributed by atoms with van der Waals surface area (Å²) in [5.41, 5.74) is 2.38. The number of hydrogen-bond donors (Lipinski definition) is 0. The molecule has 2 rings (SSSR count). The molecule has 0 aromatic heterocycles.